The van der Waals surface area contributed by atoms with E-state index in [1.807, 2.05) is 18.2 Å². The highest BCUT2D eigenvalue weighted by Crippen LogP contribution is 2.32. The zero-order valence-corrected chi connectivity index (χ0v) is 13.5. The van der Waals surface area contributed by atoms with Crippen LogP contribution in [-0.4, -0.2) is 25.1 Å². The van der Waals surface area contributed by atoms with Gasteiger partial charge in [0.05, 0.1) is 7.11 Å². The second-order valence-corrected chi connectivity index (χ2v) is 5.98. The lowest BCUT2D eigenvalue weighted by Crippen LogP contribution is -2.28. The van der Waals surface area contributed by atoms with Crippen LogP contribution in [0.2, 0.25) is 5.02 Å². The number of hydrogen-bond acceptors (Lipinski definition) is 2. The molecule has 2 nitrogen and oxygen atoms in total. The molecule has 0 saturated carbocycles. The van der Waals surface area contributed by atoms with Crippen molar-refractivity contribution in [3.63, 3.8) is 0 Å². The van der Waals surface area contributed by atoms with Crippen molar-refractivity contribution >= 4 is 17.2 Å². The van der Waals surface area contributed by atoms with Crippen LogP contribution in [0.3, 0.4) is 0 Å². The standard InChI is InChI=1S/C19H20ClNO/c1-22-19-8-7-17(20)13-18(19)16-9-11-21(12-10-16)14-15-5-3-2-4-6-15/h2-9,13H,10-12,14H2,1H3. The minimum absolute atomic E-state index is 0.753. The van der Waals surface area contributed by atoms with Crippen molar-refractivity contribution in [2.45, 2.75) is 13.0 Å². The van der Waals surface area contributed by atoms with Gasteiger partial charge in [-0.3, -0.25) is 4.90 Å². The Morgan fingerprint density at radius 1 is 1.14 bits per heavy atom. The molecule has 0 N–H and O–H groups in total. The van der Waals surface area contributed by atoms with Gasteiger partial charge in [0.25, 0.3) is 0 Å². The largest absolute Gasteiger partial charge is 0.496 e. The van der Waals surface area contributed by atoms with Crippen molar-refractivity contribution in [2.75, 3.05) is 20.2 Å². The van der Waals surface area contributed by atoms with E-state index < -0.39 is 0 Å². The van der Waals surface area contributed by atoms with Gasteiger partial charge < -0.3 is 4.74 Å². The van der Waals surface area contributed by atoms with Crippen molar-refractivity contribution < 1.29 is 4.74 Å². The molecular formula is C19H20ClNO. The summed E-state index contributed by atoms with van der Waals surface area (Å²) in [6.45, 7) is 3.01. The Hall–Kier alpha value is -1.77. The van der Waals surface area contributed by atoms with Crippen molar-refractivity contribution in [1.82, 2.24) is 4.90 Å². The van der Waals surface area contributed by atoms with Gasteiger partial charge in [-0.1, -0.05) is 48.0 Å². The minimum Gasteiger partial charge on any atom is -0.496 e. The minimum atomic E-state index is 0.753. The van der Waals surface area contributed by atoms with E-state index in [1.54, 1.807) is 7.11 Å². The Balaban J connectivity index is 1.72. The SMILES string of the molecule is COc1ccc(Cl)cc1C1=CCN(Cc2ccccc2)CC1. The zero-order chi connectivity index (χ0) is 15.4. The van der Waals surface area contributed by atoms with Gasteiger partial charge in [0.15, 0.2) is 0 Å². The number of benzene rings is 2. The Kier molecular flexibility index (Phi) is 4.81. The summed E-state index contributed by atoms with van der Waals surface area (Å²) in [7, 11) is 1.71. The molecule has 0 unspecified atom stereocenters. The topological polar surface area (TPSA) is 12.5 Å². The second-order valence-electron chi connectivity index (χ2n) is 5.54. The summed E-state index contributed by atoms with van der Waals surface area (Å²) < 4.78 is 5.46. The van der Waals surface area contributed by atoms with Gasteiger partial charge in [-0.15, -0.1) is 0 Å². The Labute approximate surface area is 137 Å². The normalized spacial score (nSPS) is 15.5. The molecule has 0 amide bonds. The van der Waals surface area contributed by atoms with Gasteiger partial charge in [-0.2, -0.15) is 0 Å². The fourth-order valence-electron chi connectivity index (χ4n) is 2.87. The monoisotopic (exact) mass is 313 g/mol. The average molecular weight is 314 g/mol. The van der Waals surface area contributed by atoms with Gasteiger partial charge in [0.1, 0.15) is 5.75 Å². The maximum absolute atomic E-state index is 6.14. The summed E-state index contributed by atoms with van der Waals surface area (Å²) in [5.74, 6) is 0.896. The van der Waals surface area contributed by atoms with Crippen molar-refractivity contribution in [3.05, 3.63) is 70.8 Å². The van der Waals surface area contributed by atoms with E-state index in [1.165, 1.54) is 11.1 Å². The number of nitrogens with zero attached hydrogens (tertiary/aromatic N) is 1. The van der Waals surface area contributed by atoms with Crippen LogP contribution in [0.5, 0.6) is 5.75 Å². The summed E-state index contributed by atoms with van der Waals surface area (Å²) in [5.41, 5.74) is 3.80. The maximum atomic E-state index is 6.14. The molecule has 0 aromatic heterocycles. The van der Waals surface area contributed by atoms with Crippen LogP contribution < -0.4 is 4.74 Å². The summed E-state index contributed by atoms with van der Waals surface area (Å²) in [6.07, 6.45) is 3.31. The van der Waals surface area contributed by atoms with Gasteiger partial charge >= 0.3 is 0 Å². The molecule has 114 valence electrons. The highest BCUT2D eigenvalue weighted by Gasteiger charge is 2.16. The van der Waals surface area contributed by atoms with Gasteiger partial charge in [0, 0.05) is 30.2 Å². The molecule has 2 aromatic carbocycles. The van der Waals surface area contributed by atoms with Crippen molar-refractivity contribution in [3.8, 4) is 5.75 Å². The van der Waals surface area contributed by atoms with E-state index >= 15 is 0 Å². The van der Waals surface area contributed by atoms with Crippen LogP contribution in [0.15, 0.2) is 54.6 Å². The Morgan fingerprint density at radius 3 is 2.64 bits per heavy atom. The van der Waals surface area contributed by atoms with Gasteiger partial charge in [0.2, 0.25) is 0 Å². The van der Waals surface area contributed by atoms with Crippen LogP contribution in [0.4, 0.5) is 0 Å². The number of rotatable bonds is 4. The number of hydrogen-bond donors (Lipinski definition) is 0. The first-order valence-electron chi connectivity index (χ1n) is 7.55. The molecule has 0 aliphatic carbocycles. The van der Waals surface area contributed by atoms with E-state index in [2.05, 4.69) is 41.3 Å². The highest BCUT2D eigenvalue weighted by molar-refractivity contribution is 6.30. The highest BCUT2D eigenvalue weighted by atomic mass is 35.5. The van der Waals surface area contributed by atoms with Gasteiger partial charge in [-0.25, -0.2) is 0 Å². The van der Waals surface area contributed by atoms with E-state index in [0.717, 1.165) is 42.4 Å². The van der Waals surface area contributed by atoms with E-state index in [0.29, 0.717) is 0 Å². The third kappa shape index (κ3) is 3.52. The average Bonchev–Trinajstić information content (AvgIpc) is 2.56. The summed E-state index contributed by atoms with van der Waals surface area (Å²) in [4.78, 5) is 2.45. The van der Waals surface area contributed by atoms with E-state index in [9.17, 15) is 0 Å². The van der Waals surface area contributed by atoms with E-state index in [-0.39, 0.29) is 0 Å². The molecule has 1 aliphatic rings. The Morgan fingerprint density at radius 2 is 1.95 bits per heavy atom. The third-order valence-electron chi connectivity index (χ3n) is 4.05. The molecule has 0 atom stereocenters. The van der Waals surface area contributed by atoms with Crippen LogP contribution in [0.1, 0.15) is 17.5 Å². The predicted octanol–water partition coefficient (Wildman–Crippen LogP) is 4.64. The molecule has 0 saturated heterocycles. The molecule has 22 heavy (non-hydrogen) atoms. The first kappa shape index (κ1) is 15.1. The molecule has 0 fully saturated rings. The molecule has 1 heterocycles. The molecule has 3 rings (SSSR count). The fraction of sp³-hybridized carbons (Fsp3) is 0.263. The van der Waals surface area contributed by atoms with Crippen molar-refractivity contribution in [1.29, 1.82) is 0 Å². The molecule has 0 spiro atoms. The smallest absolute Gasteiger partial charge is 0.126 e. The summed E-state index contributed by atoms with van der Waals surface area (Å²) in [6, 6.07) is 16.4. The first-order chi connectivity index (χ1) is 10.8. The van der Waals surface area contributed by atoms with E-state index in [4.69, 9.17) is 16.3 Å². The van der Waals surface area contributed by atoms with Crippen LogP contribution in [0, 0.1) is 0 Å². The molecule has 2 aromatic rings. The lowest BCUT2D eigenvalue weighted by molar-refractivity contribution is 0.293. The van der Waals surface area contributed by atoms with Crippen molar-refractivity contribution in [2.24, 2.45) is 0 Å². The zero-order valence-electron chi connectivity index (χ0n) is 12.8. The maximum Gasteiger partial charge on any atom is 0.126 e. The van der Waals surface area contributed by atoms with Crippen LogP contribution in [-0.2, 0) is 6.54 Å². The Bertz CT molecular complexity index is 666. The number of methoxy groups -OCH3 is 1. The van der Waals surface area contributed by atoms with Crippen LogP contribution >= 0.6 is 11.6 Å². The molecule has 1 aliphatic heterocycles. The lowest BCUT2D eigenvalue weighted by Gasteiger charge is -2.27. The predicted molar refractivity (Wildman–Crippen MR) is 92.3 cm³/mol. The summed E-state index contributed by atoms with van der Waals surface area (Å²) in [5, 5.41) is 0.753. The lowest BCUT2D eigenvalue weighted by atomic mass is 9.98. The molecule has 3 heteroatoms. The first-order valence-corrected chi connectivity index (χ1v) is 7.93. The van der Waals surface area contributed by atoms with Gasteiger partial charge in [-0.05, 0) is 35.8 Å². The van der Waals surface area contributed by atoms with Crippen LogP contribution in [0.25, 0.3) is 5.57 Å². The molecule has 0 bridgehead atoms. The molecule has 0 radical (unpaired) electrons. The summed E-state index contributed by atoms with van der Waals surface area (Å²) >= 11 is 6.14. The third-order valence-corrected chi connectivity index (χ3v) is 4.28. The molecular weight excluding hydrogens is 294 g/mol. The quantitative estimate of drug-likeness (QED) is 0.815. The number of ether oxygens (including phenoxy) is 1. The fourth-order valence-corrected chi connectivity index (χ4v) is 3.04. The number of halogens is 1. The second kappa shape index (κ2) is 6.99.